The van der Waals surface area contributed by atoms with Gasteiger partial charge >= 0.3 is 13.6 Å². The highest BCUT2D eigenvalue weighted by atomic mass is 31.2. The molecule has 6 nitrogen and oxygen atoms in total. The zero-order chi connectivity index (χ0) is 12.3. The second-order valence-electron chi connectivity index (χ2n) is 4.19. The predicted molar refractivity (Wildman–Crippen MR) is 55.6 cm³/mol. The first-order valence-electron chi connectivity index (χ1n) is 4.32. The van der Waals surface area contributed by atoms with Gasteiger partial charge in [0.1, 0.15) is 0 Å². The predicted octanol–water partition coefficient (Wildman–Crippen LogP) is 1.13. The maximum atomic E-state index is 10.8. The van der Waals surface area contributed by atoms with Crippen molar-refractivity contribution < 1.29 is 24.0 Å². The van der Waals surface area contributed by atoms with Gasteiger partial charge in [-0.05, 0) is 0 Å². The van der Waals surface area contributed by atoms with Gasteiger partial charge in [0, 0.05) is 12.3 Å². The van der Waals surface area contributed by atoms with Crippen molar-refractivity contribution >= 4 is 19.3 Å². The van der Waals surface area contributed by atoms with Crippen molar-refractivity contribution in [1.29, 1.82) is 0 Å². The Labute approximate surface area is 88.5 Å². The van der Waals surface area contributed by atoms with E-state index in [2.05, 4.69) is 9.99 Å². The van der Waals surface area contributed by atoms with Gasteiger partial charge in [0.15, 0.2) is 0 Å². The standard InChI is InChI=1S/C8H16NO5P/c1-6(10)14-9-7(8(2,3)4)5-15(11,12)13/h5H2,1-4H3,(H2,11,12,13). The molecule has 0 saturated heterocycles. The van der Waals surface area contributed by atoms with Gasteiger partial charge in [0.2, 0.25) is 0 Å². The number of hydrogen-bond acceptors (Lipinski definition) is 4. The molecule has 0 aromatic rings. The van der Waals surface area contributed by atoms with Crippen LogP contribution in [0.15, 0.2) is 5.16 Å². The van der Waals surface area contributed by atoms with E-state index >= 15 is 0 Å². The van der Waals surface area contributed by atoms with Gasteiger partial charge in [0.25, 0.3) is 0 Å². The Morgan fingerprint density at radius 1 is 1.40 bits per heavy atom. The van der Waals surface area contributed by atoms with Crippen LogP contribution in [0.4, 0.5) is 0 Å². The summed E-state index contributed by atoms with van der Waals surface area (Å²) in [5.41, 5.74) is -0.401. The molecular weight excluding hydrogens is 221 g/mol. The lowest BCUT2D eigenvalue weighted by atomic mass is 9.91. The van der Waals surface area contributed by atoms with Crippen LogP contribution < -0.4 is 0 Å². The molecule has 15 heavy (non-hydrogen) atoms. The number of hydrogen-bond donors (Lipinski definition) is 2. The van der Waals surface area contributed by atoms with Crippen LogP contribution in [0.2, 0.25) is 0 Å². The lowest BCUT2D eigenvalue weighted by Crippen LogP contribution is -2.24. The van der Waals surface area contributed by atoms with Crippen molar-refractivity contribution in [1.82, 2.24) is 0 Å². The quantitative estimate of drug-likeness (QED) is 0.332. The number of nitrogens with zero attached hydrogens (tertiary/aromatic N) is 1. The van der Waals surface area contributed by atoms with Crippen molar-refractivity contribution in [3.05, 3.63) is 0 Å². The summed E-state index contributed by atoms with van der Waals surface area (Å²) in [6, 6.07) is 0. The molecule has 0 heterocycles. The number of oxime groups is 1. The Bertz CT molecular complexity index is 311. The first kappa shape index (κ1) is 14.3. The van der Waals surface area contributed by atoms with Crippen LogP contribution in [-0.2, 0) is 14.2 Å². The zero-order valence-electron chi connectivity index (χ0n) is 9.22. The van der Waals surface area contributed by atoms with Gasteiger partial charge in [0.05, 0.1) is 11.9 Å². The highest BCUT2D eigenvalue weighted by Gasteiger charge is 2.27. The molecule has 0 aromatic heterocycles. The fourth-order valence-electron chi connectivity index (χ4n) is 0.717. The van der Waals surface area contributed by atoms with E-state index in [-0.39, 0.29) is 5.71 Å². The maximum absolute atomic E-state index is 10.8. The Morgan fingerprint density at radius 3 is 2.13 bits per heavy atom. The van der Waals surface area contributed by atoms with Crippen molar-refractivity contribution in [2.24, 2.45) is 10.6 Å². The van der Waals surface area contributed by atoms with Gasteiger partial charge in [-0.2, -0.15) is 0 Å². The lowest BCUT2D eigenvalue weighted by molar-refractivity contribution is -0.141. The summed E-state index contributed by atoms with van der Waals surface area (Å²) in [6.45, 7) is 6.35. The van der Waals surface area contributed by atoms with Crippen LogP contribution >= 0.6 is 7.60 Å². The first-order valence-corrected chi connectivity index (χ1v) is 6.11. The van der Waals surface area contributed by atoms with Crippen molar-refractivity contribution in [3.63, 3.8) is 0 Å². The first-order chi connectivity index (χ1) is 6.52. The van der Waals surface area contributed by atoms with E-state index in [4.69, 9.17) is 9.79 Å². The summed E-state index contributed by atoms with van der Waals surface area (Å²) in [4.78, 5) is 32.5. The molecule has 0 atom stereocenters. The molecule has 0 saturated carbocycles. The minimum atomic E-state index is -4.20. The maximum Gasteiger partial charge on any atom is 0.331 e. The molecule has 7 heteroatoms. The van der Waals surface area contributed by atoms with E-state index in [9.17, 15) is 9.36 Å². The summed E-state index contributed by atoms with van der Waals surface area (Å²) in [6.07, 6.45) is -0.510. The molecule has 0 bridgehead atoms. The SMILES string of the molecule is CC(=O)ON=C(CP(=O)(O)O)C(C)(C)C. The average molecular weight is 237 g/mol. The van der Waals surface area contributed by atoms with Crippen LogP contribution in [0.3, 0.4) is 0 Å². The topological polar surface area (TPSA) is 96.2 Å². The summed E-state index contributed by atoms with van der Waals surface area (Å²) in [5.74, 6) is -0.623. The second-order valence-corrected chi connectivity index (χ2v) is 5.84. The zero-order valence-corrected chi connectivity index (χ0v) is 10.1. The van der Waals surface area contributed by atoms with Gasteiger partial charge in [-0.1, -0.05) is 25.9 Å². The summed E-state index contributed by atoms with van der Waals surface area (Å²) < 4.78 is 10.8. The third-order valence-corrected chi connectivity index (χ3v) is 2.22. The number of carbonyl (C=O) groups is 1. The molecule has 0 aliphatic heterocycles. The van der Waals surface area contributed by atoms with Crippen LogP contribution in [0.1, 0.15) is 27.7 Å². The molecule has 0 rings (SSSR count). The summed E-state index contributed by atoms with van der Waals surface area (Å²) >= 11 is 0. The molecule has 0 aromatic carbocycles. The molecule has 0 amide bonds. The highest BCUT2D eigenvalue weighted by Crippen LogP contribution is 2.37. The van der Waals surface area contributed by atoms with E-state index in [0.29, 0.717) is 0 Å². The van der Waals surface area contributed by atoms with Crippen LogP contribution in [0, 0.1) is 5.41 Å². The van der Waals surface area contributed by atoms with Crippen LogP contribution in [-0.4, -0.2) is 27.6 Å². The Kier molecular flexibility index (Phi) is 4.65. The molecule has 0 aliphatic rings. The molecule has 0 spiro atoms. The summed E-state index contributed by atoms with van der Waals surface area (Å²) in [7, 11) is -4.20. The Hall–Kier alpha value is -0.710. The van der Waals surface area contributed by atoms with Crippen molar-refractivity contribution in [2.75, 3.05) is 6.16 Å². The normalized spacial score (nSPS) is 13.9. The van der Waals surface area contributed by atoms with Crippen LogP contribution in [0.25, 0.3) is 0 Å². The summed E-state index contributed by atoms with van der Waals surface area (Å²) in [5, 5.41) is 3.45. The lowest BCUT2D eigenvalue weighted by Gasteiger charge is -2.20. The molecule has 0 aliphatic carbocycles. The fourth-order valence-corrected chi connectivity index (χ4v) is 1.64. The van der Waals surface area contributed by atoms with Gasteiger partial charge in [-0.25, -0.2) is 4.79 Å². The van der Waals surface area contributed by atoms with Crippen LogP contribution in [0.5, 0.6) is 0 Å². The van der Waals surface area contributed by atoms with Crippen molar-refractivity contribution in [3.8, 4) is 0 Å². The minimum Gasteiger partial charge on any atom is -0.324 e. The number of rotatable bonds is 3. The highest BCUT2D eigenvalue weighted by molar-refractivity contribution is 7.52. The minimum absolute atomic E-state index is 0.158. The third kappa shape index (κ3) is 7.25. The molecule has 0 unspecified atom stereocenters. The van der Waals surface area contributed by atoms with Gasteiger partial charge in [-0.15, -0.1) is 0 Å². The largest absolute Gasteiger partial charge is 0.331 e. The Morgan fingerprint density at radius 2 is 1.87 bits per heavy atom. The van der Waals surface area contributed by atoms with E-state index < -0.39 is 25.1 Å². The van der Waals surface area contributed by atoms with Gasteiger partial charge in [-0.3, -0.25) is 4.57 Å². The second kappa shape index (κ2) is 4.88. The van der Waals surface area contributed by atoms with E-state index in [1.807, 2.05) is 0 Å². The molecule has 0 radical (unpaired) electrons. The molecular formula is C8H16NO5P. The van der Waals surface area contributed by atoms with Gasteiger partial charge < -0.3 is 14.6 Å². The number of carbonyl (C=O) groups excluding carboxylic acids is 1. The van der Waals surface area contributed by atoms with E-state index in [1.54, 1.807) is 20.8 Å². The monoisotopic (exact) mass is 237 g/mol. The fraction of sp³-hybridized carbons (Fsp3) is 0.750. The molecule has 0 fully saturated rings. The molecule has 88 valence electrons. The van der Waals surface area contributed by atoms with E-state index in [0.717, 1.165) is 0 Å². The van der Waals surface area contributed by atoms with Crippen molar-refractivity contribution in [2.45, 2.75) is 27.7 Å². The Balaban J connectivity index is 4.83. The molecule has 2 N–H and O–H groups in total. The average Bonchev–Trinajstić information content (AvgIpc) is 1.93. The van der Waals surface area contributed by atoms with E-state index in [1.165, 1.54) is 6.92 Å². The third-order valence-electron chi connectivity index (χ3n) is 1.51. The smallest absolute Gasteiger partial charge is 0.324 e.